The molecule has 3 rings (SSSR count). The summed E-state index contributed by atoms with van der Waals surface area (Å²) in [5, 5.41) is 7.15. The van der Waals surface area contributed by atoms with Crippen LogP contribution < -0.4 is 14.8 Å². The van der Waals surface area contributed by atoms with E-state index in [9.17, 15) is 4.79 Å². The average molecular weight is 379 g/mol. The lowest BCUT2D eigenvalue weighted by Gasteiger charge is -2.10. The second-order valence-corrected chi connectivity index (χ2v) is 6.21. The van der Waals surface area contributed by atoms with Gasteiger partial charge in [-0.3, -0.25) is 9.48 Å². The zero-order valence-electron chi connectivity index (χ0n) is 16.2. The maximum absolute atomic E-state index is 12.5. The summed E-state index contributed by atoms with van der Waals surface area (Å²) in [5.41, 5.74) is 2.52. The van der Waals surface area contributed by atoms with Crippen LogP contribution in [0.3, 0.4) is 0 Å². The number of ether oxygens (including phenoxy) is 2. The molecule has 1 aromatic heterocycles. The van der Waals surface area contributed by atoms with Gasteiger partial charge in [-0.2, -0.15) is 5.10 Å². The second-order valence-electron chi connectivity index (χ2n) is 6.21. The fourth-order valence-electron chi connectivity index (χ4n) is 2.84. The lowest BCUT2D eigenvalue weighted by Crippen LogP contribution is -2.24. The zero-order chi connectivity index (χ0) is 19.8. The van der Waals surface area contributed by atoms with Crippen LogP contribution in [0.1, 0.15) is 35.5 Å². The Hall–Kier alpha value is -3.28. The van der Waals surface area contributed by atoms with Gasteiger partial charge in [-0.15, -0.1) is 0 Å². The van der Waals surface area contributed by atoms with Crippen LogP contribution in [0.2, 0.25) is 0 Å². The lowest BCUT2D eigenvalue weighted by atomic mass is 10.1. The van der Waals surface area contributed by atoms with Crippen LogP contribution in [0.25, 0.3) is 0 Å². The molecule has 28 heavy (non-hydrogen) atoms. The number of carbonyl (C=O) groups is 1. The number of rotatable bonds is 9. The zero-order valence-corrected chi connectivity index (χ0v) is 16.2. The van der Waals surface area contributed by atoms with E-state index >= 15 is 0 Å². The van der Waals surface area contributed by atoms with Crippen molar-refractivity contribution >= 4 is 5.91 Å². The van der Waals surface area contributed by atoms with Crippen LogP contribution in [0.4, 0.5) is 0 Å². The molecule has 0 unspecified atom stereocenters. The molecule has 1 amide bonds. The number of nitrogens with zero attached hydrogens (tertiary/aromatic N) is 2. The van der Waals surface area contributed by atoms with Crippen molar-refractivity contribution in [3.05, 3.63) is 77.6 Å². The van der Waals surface area contributed by atoms with E-state index in [4.69, 9.17) is 9.47 Å². The molecule has 1 heterocycles. The first-order chi connectivity index (χ1) is 13.7. The molecule has 0 aliphatic heterocycles. The summed E-state index contributed by atoms with van der Waals surface area (Å²) in [5.74, 6) is 1.45. The molecule has 0 spiro atoms. The molecular weight excluding hydrogens is 354 g/mol. The highest BCUT2D eigenvalue weighted by Crippen LogP contribution is 2.19. The fourth-order valence-corrected chi connectivity index (χ4v) is 2.84. The van der Waals surface area contributed by atoms with Crippen LogP contribution in [0.15, 0.2) is 60.8 Å². The smallest absolute Gasteiger partial charge is 0.251 e. The minimum atomic E-state index is -0.119. The number of nitrogens with one attached hydrogen (secondary N) is 1. The molecular formula is C22H25N3O3. The van der Waals surface area contributed by atoms with Crippen molar-refractivity contribution < 1.29 is 14.3 Å². The van der Waals surface area contributed by atoms with Crippen molar-refractivity contribution in [2.24, 2.45) is 0 Å². The first-order valence-electron chi connectivity index (χ1n) is 9.43. The number of aryl methyl sites for hydroxylation is 1. The van der Waals surface area contributed by atoms with Gasteiger partial charge in [0.15, 0.2) is 0 Å². The van der Waals surface area contributed by atoms with E-state index in [1.807, 2.05) is 67.1 Å². The highest BCUT2D eigenvalue weighted by Gasteiger charge is 2.08. The Bertz CT molecular complexity index is 903. The third-order valence-electron chi connectivity index (χ3n) is 4.26. The molecule has 0 aliphatic carbocycles. The SMILES string of the molecule is CCOc1ccc(OCc2cccc(C(=O)NCc3ccnn3CC)c2)cc1. The Morgan fingerprint density at radius 1 is 1.04 bits per heavy atom. The van der Waals surface area contributed by atoms with Crippen molar-refractivity contribution in [3.63, 3.8) is 0 Å². The van der Waals surface area contributed by atoms with Gasteiger partial charge < -0.3 is 14.8 Å². The van der Waals surface area contributed by atoms with Gasteiger partial charge in [0, 0.05) is 18.3 Å². The molecule has 1 N–H and O–H groups in total. The highest BCUT2D eigenvalue weighted by molar-refractivity contribution is 5.94. The van der Waals surface area contributed by atoms with E-state index in [0.29, 0.717) is 25.3 Å². The molecule has 146 valence electrons. The molecule has 3 aromatic rings. The first kappa shape index (κ1) is 19.5. The number of hydrogen-bond acceptors (Lipinski definition) is 4. The topological polar surface area (TPSA) is 65.4 Å². The summed E-state index contributed by atoms with van der Waals surface area (Å²) in [7, 11) is 0. The standard InChI is InChI=1S/C22H25N3O3/c1-3-25-19(12-13-24-25)15-23-22(26)18-7-5-6-17(14-18)16-28-21-10-8-20(9-11-21)27-4-2/h5-14H,3-4,15-16H2,1-2H3,(H,23,26). The van der Waals surface area contributed by atoms with E-state index in [0.717, 1.165) is 29.3 Å². The summed E-state index contributed by atoms with van der Waals surface area (Å²) < 4.78 is 13.1. The van der Waals surface area contributed by atoms with E-state index in [-0.39, 0.29) is 5.91 Å². The van der Waals surface area contributed by atoms with E-state index in [2.05, 4.69) is 10.4 Å². The maximum atomic E-state index is 12.5. The Balaban J connectivity index is 1.56. The van der Waals surface area contributed by atoms with Crippen LogP contribution in [0.5, 0.6) is 11.5 Å². The molecule has 0 bridgehead atoms. The summed E-state index contributed by atoms with van der Waals surface area (Å²) in [6, 6.07) is 16.9. The maximum Gasteiger partial charge on any atom is 0.251 e. The summed E-state index contributed by atoms with van der Waals surface area (Å²) in [6.07, 6.45) is 1.74. The second kappa shape index (κ2) is 9.60. The molecule has 0 saturated heterocycles. The quantitative estimate of drug-likeness (QED) is 0.614. The average Bonchev–Trinajstić information content (AvgIpc) is 3.19. The van der Waals surface area contributed by atoms with Crippen LogP contribution in [-0.4, -0.2) is 22.3 Å². The van der Waals surface area contributed by atoms with E-state index in [1.54, 1.807) is 12.3 Å². The first-order valence-corrected chi connectivity index (χ1v) is 9.43. The van der Waals surface area contributed by atoms with Crippen LogP contribution in [-0.2, 0) is 19.7 Å². The van der Waals surface area contributed by atoms with Crippen LogP contribution >= 0.6 is 0 Å². The third-order valence-corrected chi connectivity index (χ3v) is 4.26. The van der Waals surface area contributed by atoms with Gasteiger partial charge in [0.25, 0.3) is 5.91 Å². The lowest BCUT2D eigenvalue weighted by molar-refractivity contribution is 0.0949. The van der Waals surface area contributed by atoms with Gasteiger partial charge >= 0.3 is 0 Å². The molecule has 0 aliphatic rings. The predicted molar refractivity (Wildman–Crippen MR) is 107 cm³/mol. The van der Waals surface area contributed by atoms with Gasteiger partial charge in [-0.25, -0.2) is 0 Å². The Morgan fingerprint density at radius 2 is 1.79 bits per heavy atom. The third kappa shape index (κ3) is 5.13. The van der Waals surface area contributed by atoms with Crippen molar-refractivity contribution in [1.29, 1.82) is 0 Å². The van der Waals surface area contributed by atoms with Gasteiger partial charge in [0.1, 0.15) is 18.1 Å². The molecule has 2 aromatic carbocycles. The predicted octanol–water partition coefficient (Wildman–Crippen LogP) is 3.81. The van der Waals surface area contributed by atoms with Crippen LogP contribution in [0, 0.1) is 0 Å². The summed E-state index contributed by atoms with van der Waals surface area (Å²) in [6.45, 7) is 6.21. The van der Waals surface area contributed by atoms with Gasteiger partial charge in [0.05, 0.1) is 18.8 Å². The minimum absolute atomic E-state index is 0.119. The number of hydrogen-bond donors (Lipinski definition) is 1. The van der Waals surface area contributed by atoms with Gasteiger partial charge in [-0.05, 0) is 61.9 Å². The molecule has 6 heteroatoms. The van der Waals surface area contributed by atoms with Crippen molar-refractivity contribution in [2.45, 2.75) is 33.5 Å². The molecule has 0 fully saturated rings. The Morgan fingerprint density at radius 3 is 2.50 bits per heavy atom. The molecule has 6 nitrogen and oxygen atoms in total. The van der Waals surface area contributed by atoms with E-state index in [1.165, 1.54) is 0 Å². The van der Waals surface area contributed by atoms with Crippen molar-refractivity contribution in [3.8, 4) is 11.5 Å². The number of carbonyl (C=O) groups excluding carboxylic acids is 1. The number of amides is 1. The number of benzene rings is 2. The molecule has 0 radical (unpaired) electrons. The van der Waals surface area contributed by atoms with Gasteiger partial charge in [-0.1, -0.05) is 12.1 Å². The largest absolute Gasteiger partial charge is 0.494 e. The molecule has 0 saturated carbocycles. The fraction of sp³-hybridized carbons (Fsp3) is 0.273. The van der Waals surface area contributed by atoms with Crippen molar-refractivity contribution in [2.75, 3.05) is 6.61 Å². The number of aromatic nitrogens is 2. The van der Waals surface area contributed by atoms with Gasteiger partial charge in [0.2, 0.25) is 0 Å². The summed E-state index contributed by atoms with van der Waals surface area (Å²) in [4.78, 5) is 12.5. The summed E-state index contributed by atoms with van der Waals surface area (Å²) >= 11 is 0. The Kier molecular flexibility index (Phi) is 6.68. The monoisotopic (exact) mass is 379 g/mol. The molecule has 0 atom stereocenters. The highest BCUT2D eigenvalue weighted by atomic mass is 16.5. The van der Waals surface area contributed by atoms with E-state index < -0.39 is 0 Å². The normalized spacial score (nSPS) is 10.5. The van der Waals surface area contributed by atoms with Crippen molar-refractivity contribution in [1.82, 2.24) is 15.1 Å². The Labute approximate surface area is 165 Å². The minimum Gasteiger partial charge on any atom is -0.494 e.